The van der Waals surface area contributed by atoms with Gasteiger partial charge < -0.3 is 28.6 Å². The minimum Gasteiger partial charge on any atom is -0.481 e. The molecule has 9 heteroatoms. The number of methoxy groups -OCH3 is 1. The topological polar surface area (TPSA) is 92.3 Å². The Hall–Kier alpha value is -3.16. The Morgan fingerprint density at radius 3 is 2.20 bits per heavy atom. The lowest BCUT2D eigenvalue weighted by molar-refractivity contribution is 0.0504. The molecular weight excluding hydrogens is 529 g/mol. The summed E-state index contributed by atoms with van der Waals surface area (Å²) < 4.78 is 40.2. The molecule has 0 saturated heterocycles. The number of carbonyl (C=O) groups is 1. The summed E-state index contributed by atoms with van der Waals surface area (Å²) >= 11 is 0. The largest absolute Gasteiger partial charge is 0.481 e. The van der Waals surface area contributed by atoms with E-state index in [2.05, 4.69) is 5.32 Å². The highest BCUT2D eigenvalue weighted by Gasteiger charge is 2.25. The molecule has 0 fully saturated rings. The second kappa shape index (κ2) is 15.6. The predicted octanol–water partition coefficient (Wildman–Crippen LogP) is 6.45. The smallest absolute Gasteiger partial charge is 0.367 e. The van der Waals surface area contributed by atoms with Crippen molar-refractivity contribution in [3.63, 3.8) is 0 Å². The van der Waals surface area contributed by atoms with Gasteiger partial charge in [-0.05, 0) is 86.2 Å². The summed E-state index contributed by atoms with van der Waals surface area (Å²) in [6.07, 6.45) is 1.19. The van der Waals surface area contributed by atoms with Crippen LogP contribution in [-0.2, 0) is 31.2 Å². The first-order chi connectivity index (χ1) is 19.3. The van der Waals surface area contributed by atoms with Crippen LogP contribution in [0.2, 0.25) is 0 Å². The first-order valence-electron chi connectivity index (χ1n) is 13.5. The number of ether oxygens (including phenoxy) is 3. The molecule has 1 amide bonds. The quantitative estimate of drug-likeness (QED) is 0.157. The summed E-state index contributed by atoms with van der Waals surface area (Å²) in [4.78, 5) is 12.8. The Kier molecular flexibility index (Phi) is 12.2. The van der Waals surface area contributed by atoms with Crippen molar-refractivity contribution in [2.75, 3.05) is 40.0 Å². The van der Waals surface area contributed by atoms with Crippen LogP contribution in [0.4, 0.5) is 0 Å². The van der Waals surface area contributed by atoms with Crippen molar-refractivity contribution in [1.29, 1.82) is 0 Å². The number of nitrogens with one attached hydrogen (secondary N) is 1. The van der Waals surface area contributed by atoms with Gasteiger partial charge in [0.1, 0.15) is 11.5 Å². The van der Waals surface area contributed by atoms with Gasteiger partial charge in [0, 0.05) is 25.6 Å². The Labute approximate surface area is 237 Å². The van der Waals surface area contributed by atoms with Gasteiger partial charge in [-0.2, -0.15) is 0 Å². The average Bonchev–Trinajstić information content (AvgIpc) is 2.94. The van der Waals surface area contributed by atoms with Crippen molar-refractivity contribution in [1.82, 2.24) is 5.32 Å². The summed E-state index contributed by atoms with van der Waals surface area (Å²) in [7, 11) is -1.76. The van der Waals surface area contributed by atoms with Gasteiger partial charge in [-0.15, -0.1) is 0 Å². The average molecular weight is 570 g/mol. The molecule has 0 heterocycles. The van der Waals surface area contributed by atoms with Crippen LogP contribution in [0, 0.1) is 13.8 Å². The van der Waals surface area contributed by atoms with Crippen LogP contribution in [0.25, 0.3) is 0 Å². The van der Waals surface area contributed by atoms with Crippen LogP contribution in [0.15, 0.2) is 60.7 Å². The van der Waals surface area contributed by atoms with Gasteiger partial charge in [-0.3, -0.25) is 9.36 Å². The Morgan fingerprint density at radius 2 is 1.57 bits per heavy atom. The van der Waals surface area contributed by atoms with E-state index in [0.717, 1.165) is 28.7 Å². The molecule has 8 nitrogen and oxygen atoms in total. The molecule has 3 aromatic rings. The van der Waals surface area contributed by atoms with Gasteiger partial charge in [-0.25, -0.2) is 0 Å². The molecule has 0 aliphatic heterocycles. The molecule has 40 heavy (non-hydrogen) atoms. The lowest BCUT2D eigenvalue weighted by atomic mass is 9.94. The zero-order valence-electron chi connectivity index (χ0n) is 24.0. The first kappa shape index (κ1) is 31.4. The molecule has 0 spiro atoms. The number of amides is 1. The SMILES string of the molecule is CCOP(=O)(COc1cc(C)c(Cc2ccc(C(=O)NCCc3ccccc3)cc2OCOC)c(C)c1)OCC. The highest BCUT2D eigenvalue weighted by Crippen LogP contribution is 2.48. The van der Waals surface area contributed by atoms with E-state index in [0.29, 0.717) is 30.0 Å². The molecule has 216 valence electrons. The van der Waals surface area contributed by atoms with Crippen molar-refractivity contribution in [2.24, 2.45) is 0 Å². The molecule has 0 aliphatic rings. The van der Waals surface area contributed by atoms with Gasteiger partial charge in [0.2, 0.25) is 0 Å². The third-order valence-corrected chi connectivity index (χ3v) is 8.03. The number of aryl methyl sites for hydroxylation is 2. The Bertz CT molecular complexity index is 1260. The third-order valence-electron chi connectivity index (χ3n) is 6.28. The standard InChI is InChI=1S/C31H40NO7P/c1-6-38-40(34,39-7-2)22-37-28-17-23(3)29(24(4)18-28)19-26-13-14-27(20-30(26)36-21-35-5)31(33)32-16-15-25-11-9-8-10-12-25/h8-14,17-18,20H,6-7,15-16,19,21-22H2,1-5H3,(H,32,33). The number of hydrogen-bond acceptors (Lipinski definition) is 7. The number of rotatable bonds is 16. The lowest BCUT2D eigenvalue weighted by Crippen LogP contribution is -2.25. The number of hydrogen-bond donors (Lipinski definition) is 1. The Balaban J connectivity index is 1.73. The molecular formula is C31H40NO7P. The molecule has 0 unspecified atom stereocenters. The molecule has 0 aromatic heterocycles. The normalized spacial score (nSPS) is 11.3. The maximum absolute atomic E-state index is 12.8. The highest BCUT2D eigenvalue weighted by atomic mass is 31.2. The van der Waals surface area contributed by atoms with E-state index in [1.807, 2.05) is 68.4 Å². The van der Waals surface area contributed by atoms with Crippen LogP contribution in [0.1, 0.15) is 52.0 Å². The van der Waals surface area contributed by atoms with E-state index in [-0.39, 0.29) is 32.3 Å². The van der Waals surface area contributed by atoms with Crippen molar-refractivity contribution in [3.8, 4) is 11.5 Å². The second-order valence-corrected chi connectivity index (χ2v) is 11.3. The van der Waals surface area contributed by atoms with E-state index in [1.54, 1.807) is 27.0 Å². The fourth-order valence-electron chi connectivity index (χ4n) is 4.33. The van der Waals surface area contributed by atoms with Crippen LogP contribution >= 0.6 is 7.60 Å². The van der Waals surface area contributed by atoms with E-state index in [9.17, 15) is 9.36 Å². The van der Waals surface area contributed by atoms with Crippen LogP contribution in [0.3, 0.4) is 0 Å². The second-order valence-electron chi connectivity index (χ2n) is 9.30. The van der Waals surface area contributed by atoms with Crippen molar-refractivity contribution in [3.05, 3.63) is 94.0 Å². The van der Waals surface area contributed by atoms with Crippen molar-refractivity contribution >= 4 is 13.5 Å². The minimum atomic E-state index is -3.32. The molecule has 0 saturated carbocycles. The Morgan fingerprint density at radius 1 is 0.900 bits per heavy atom. The summed E-state index contributed by atoms with van der Waals surface area (Å²) in [6, 6.07) is 19.3. The van der Waals surface area contributed by atoms with Crippen LogP contribution in [-0.4, -0.2) is 45.9 Å². The predicted molar refractivity (Wildman–Crippen MR) is 157 cm³/mol. The zero-order chi connectivity index (χ0) is 29.0. The monoisotopic (exact) mass is 569 g/mol. The number of carbonyl (C=O) groups excluding carboxylic acids is 1. The van der Waals surface area contributed by atoms with E-state index >= 15 is 0 Å². The maximum atomic E-state index is 12.8. The molecule has 0 radical (unpaired) electrons. The molecule has 0 aliphatic carbocycles. The van der Waals surface area contributed by atoms with Crippen LogP contribution < -0.4 is 14.8 Å². The fraction of sp³-hybridized carbons (Fsp3) is 0.387. The molecule has 3 aromatic carbocycles. The molecule has 0 bridgehead atoms. The van der Waals surface area contributed by atoms with E-state index in [4.69, 9.17) is 23.3 Å². The van der Waals surface area contributed by atoms with Crippen molar-refractivity contribution in [2.45, 2.75) is 40.5 Å². The summed E-state index contributed by atoms with van der Waals surface area (Å²) in [6.45, 7) is 8.70. The van der Waals surface area contributed by atoms with Gasteiger partial charge in [0.15, 0.2) is 13.1 Å². The molecule has 1 N–H and O–H groups in total. The van der Waals surface area contributed by atoms with Gasteiger partial charge in [-0.1, -0.05) is 36.4 Å². The summed E-state index contributed by atoms with van der Waals surface area (Å²) in [5.74, 6) is 1.03. The molecule has 3 rings (SSSR count). The maximum Gasteiger partial charge on any atom is 0.367 e. The van der Waals surface area contributed by atoms with Crippen LogP contribution in [0.5, 0.6) is 11.5 Å². The van der Waals surface area contributed by atoms with E-state index < -0.39 is 7.60 Å². The van der Waals surface area contributed by atoms with Gasteiger partial charge >= 0.3 is 7.60 Å². The highest BCUT2D eigenvalue weighted by molar-refractivity contribution is 7.53. The number of benzene rings is 3. The first-order valence-corrected chi connectivity index (χ1v) is 15.2. The van der Waals surface area contributed by atoms with Crippen molar-refractivity contribution < 1.29 is 32.6 Å². The van der Waals surface area contributed by atoms with Gasteiger partial charge in [0.25, 0.3) is 5.91 Å². The fourth-order valence-corrected chi connectivity index (χ4v) is 5.65. The molecule has 0 atom stereocenters. The zero-order valence-corrected chi connectivity index (χ0v) is 24.9. The lowest BCUT2D eigenvalue weighted by Gasteiger charge is -2.19. The summed E-state index contributed by atoms with van der Waals surface area (Å²) in [5, 5.41) is 2.99. The minimum absolute atomic E-state index is 0.0660. The van der Waals surface area contributed by atoms with E-state index in [1.165, 1.54) is 5.56 Å². The van der Waals surface area contributed by atoms with Gasteiger partial charge in [0.05, 0.1) is 13.2 Å². The summed E-state index contributed by atoms with van der Waals surface area (Å²) in [5.41, 5.74) is 5.74. The third kappa shape index (κ3) is 9.20.